The van der Waals surface area contributed by atoms with Gasteiger partial charge in [-0.25, -0.2) is 9.97 Å². The molecule has 4 rings (SSSR count). The molecule has 128 valence electrons. The Balaban J connectivity index is 1.52. The van der Waals surface area contributed by atoms with E-state index in [1.165, 1.54) is 18.3 Å². The summed E-state index contributed by atoms with van der Waals surface area (Å²) < 4.78 is 1.10. The molecule has 0 unspecified atom stereocenters. The molecule has 0 saturated carbocycles. The summed E-state index contributed by atoms with van der Waals surface area (Å²) in [5.74, 6) is -0.289. The van der Waals surface area contributed by atoms with Crippen molar-refractivity contribution in [1.29, 1.82) is 0 Å². The van der Waals surface area contributed by atoms with Crippen LogP contribution in [0.3, 0.4) is 0 Å². The molecule has 2 aromatic carbocycles. The lowest BCUT2D eigenvalue weighted by atomic mass is 10.1. The Morgan fingerprint density at radius 1 is 0.962 bits per heavy atom. The molecule has 2 heterocycles. The van der Waals surface area contributed by atoms with Crippen LogP contribution in [0.5, 0.6) is 0 Å². The summed E-state index contributed by atoms with van der Waals surface area (Å²) in [5.41, 5.74) is 2.75. The molecular weight excluding hydrogens is 366 g/mol. The fourth-order valence-electron chi connectivity index (χ4n) is 2.44. The maximum atomic E-state index is 12.3. The first kappa shape index (κ1) is 16.6. The summed E-state index contributed by atoms with van der Waals surface area (Å²) in [5, 5.41) is 6.01. The molecule has 0 bridgehead atoms. The molecule has 0 aliphatic rings. The Bertz CT molecular complexity index is 1080. The fraction of sp³-hybridized carbons (Fsp3) is 0.0526. The van der Waals surface area contributed by atoms with Crippen molar-refractivity contribution in [2.75, 3.05) is 5.32 Å². The SMILES string of the molecule is CC(=O)c1ccc(C(=O)Nc2nc(-c3nc4ccccc4s3)cs2)cc1. The van der Waals surface area contributed by atoms with Crippen molar-refractivity contribution >= 4 is 49.7 Å². The number of benzene rings is 2. The van der Waals surface area contributed by atoms with Crippen LogP contribution in [0.2, 0.25) is 0 Å². The quantitative estimate of drug-likeness (QED) is 0.513. The third kappa shape index (κ3) is 3.26. The van der Waals surface area contributed by atoms with Crippen LogP contribution in [0.25, 0.3) is 20.9 Å². The van der Waals surface area contributed by atoms with Gasteiger partial charge in [-0.1, -0.05) is 24.3 Å². The van der Waals surface area contributed by atoms with Crippen molar-refractivity contribution in [3.8, 4) is 10.7 Å². The van der Waals surface area contributed by atoms with E-state index < -0.39 is 0 Å². The largest absolute Gasteiger partial charge is 0.298 e. The van der Waals surface area contributed by atoms with Crippen molar-refractivity contribution in [2.24, 2.45) is 0 Å². The number of hydrogen-bond acceptors (Lipinski definition) is 6. The molecule has 4 aromatic rings. The molecule has 5 nitrogen and oxygen atoms in total. The Morgan fingerprint density at radius 2 is 1.69 bits per heavy atom. The van der Waals surface area contributed by atoms with E-state index >= 15 is 0 Å². The molecule has 1 N–H and O–H groups in total. The molecule has 0 radical (unpaired) electrons. The van der Waals surface area contributed by atoms with E-state index in [0.29, 0.717) is 16.3 Å². The van der Waals surface area contributed by atoms with Gasteiger partial charge in [0.25, 0.3) is 5.91 Å². The van der Waals surface area contributed by atoms with Crippen LogP contribution < -0.4 is 5.32 Å². The summed E-state index contributed by atoms with van der Waals surface area (Å²) in [6.45, 7) is 1.49. The van der Waals surface area contributed by atoms with Crippen LogP contribution in [0.1, 0.15) is 27.6 Å². The van der Waals surface area contributed by atoms with E-state index in [-0.39, 0.29) is 11.7 Å². The monoisotopic (exact) mass is 379 g/mol. The summed E-state index contributed by atoms with van der Waals surface area (Å²) in [7, 11) is 0. The third-order valence-electron chi connectivity index (χ3n) is 3.79. The van der Waals surface area contributed by atoms with Crippen LogP contribution in [0.4, 0.5) is 5.13 Å². The van der Waals surface area contributed by atoms with E-state index in [1.807, 2.05) is 29.6 Å². The number of Topliss-reactive ketones (excluding diaryl/α,β-unsaturated/α-hetero) is 1. The highest BCUT2D eigenvalue weighted by Crippen LogP contribution is 2.32. The predicted octanol–water partition coefficient (Wildman–Crippen LogP) is 4.87. The summed E-state index contributed by atoms with van der Waals surface area (Å²) >= 11 is 2.93. The Kier molecular flexibility index (Phi) is 4.32. The number of thiazole rings is 2. The second-order valence-electron chi connectivity index (χ2n) is 5.61. The first-order valence-electron chi connectivity index (χ1n) is 7.84. The van der Waals surface area contributed by atoms with Crippen LogP contribution in [0, 0.1) is 0 Å². The van der Waals surface area contributed by atoms with Gasteiger partial charge >= 0.3 is 0 Å². The molecule has 0 atom stereocenters. The zero-order valence-electron chi connectivity index (χ0n) is 13.7. The maximum absolute atomic E-state index is 12.3. The highest BCUT2D eigenvalue weighted by Gasteiger charge is 2.13. The number of amides is 1. The Hall–Kier alpha value is -2.90. The smallest absolute Gasteiger partial charge is 0.257 e. The van der Waals surface area contributed by atoms with Gasteiger partial charge in [0.2, 0.25) is 0 Å². The van der Waals surface area contributed by atoms with Gasteiger partial charge < -0.3 is 0 Å². The number of rotatable bonds is 4. The highest BCUT2D eigenvalue weighted by atomic mass is 32.1. The van der Waals surface area contributed by atoms with Gasteiger partial charge in [0.1, 0.15) is 10.7 Å². The van der Waals surface area contributed by atoms with Crippen molar-refractivity contribution in [3.05, 3.63) is 65.0 Å². The number of anilines is 1. The minimum atomic E-state index is -0.259. The number of fused-ring (bicyclic) bond motifs is 1. The lowest BCUT2D eigenvalue weighted by molar-refractivity contribution is 0.100. The first-order chi connectivity index (χ1) is 12.6. The van der Waals surface area contributed by atoms with Crippen molar-refractivity contribution in [3.63, 3.8) is 0 Å². The standard InChI is InChI=1S/C19H13N3O2S2/c1-11(23)12-6-8-13(9-7-12)17(24)22-19-21-15(10-25-19)18-20-14-4-2-3-5-16(14)26-18/h2-10H,1H3,(H,21,22,24). The third-order valence-corrected chi connectivity index (χ3v) is 5.61. The number of ketones is 1. The number of para-hydroxylation sites is 1. The fourth-order valence-corrected chi connectivity index (χ4v) is 4.13. The molecule has 0 fully saturated rings. The van der Waals surface area contributed by atoms with Crippen molar-refractivity contribution < 1.29 is 9.59 Å². The van der Waals surface area contributed by atoms with E-state index in [0.717, 1.165) is 20.9 Å². The zero-order valence-corrected chi connectivity index (χ0v) is 15.4. The lowest BCUT2D eigenvalue weighted by Crippen LogP contribution is -2.11. The Labute approximate surface area is 157 Å². The molecule has 26 heavy (non-hydrogen) atoms. The van der Waals surface area contributed by atoms with Crippen LogP contribution in [-0.4, -0.2) is 21.7 Å². The minimum Gasteiger partial charge on any atom is -0.298 e. The molecule has 0 saturated heterocycles. The zero-order chi connectivity index (χ0) is 18.1. The van der Waals surface area contributed by atoms with Gasteiger partial charge in [-0.2, -0.15) is 0 Å². The van der Waals surface area contributed by atoms with Gasteiger partial charge in [0.15, 0.2) is 10.9 Å². The van der Waals surface area contributed by atoms with Crippen molar-refractivity contribution in [2.45, 2.75) is 6.92 Å². The molecule has 0 spiro atoms. The van der Waals surface area contributed by atoms with Crippen LogP contribution in [0.15, 0.2) is 53.9 Å². The van der Waals surface area contributed by atoms with E-state index in [1.54, 1.807) is 35.6 Å². The van der Waals surface area contributed by atoms with Crippen LogP contribution in [-0.2, 0) is 0 Å². The van der Waals surface area contributed by atoms with Gasteiger partial charge in [-0.05, 0) is 31.2 Å². The molecule has 0 aliphatic carbocycles. The number of nitrogens with zero attached hydrogens (tertiary/aromatic N) is 2. The number of aromatic nitrogens is 2. The number of nitrogens with one attached hydrogen (secondary N) is 1. The molecule has 7 heteroatoms. The summed E-state index contributed by atoms with van der Waals surface area (Å²) in [6, 6.07) is 14.5. The summed E-state index contributed by atoms with van der Waals surface area (Å²) in [4.78, 5) is 32.7. The number of carbonyl (C=O) groups is 2. The number of carbonyl (C=O) groups excluding carboxylic acids is 2. The molecule has 2 aromatic heterocycles. The number of hydrogen-bond donors (Lipinski definition) is 1. The second kappa shape index (κ2) is 6.78. The second-order valence-corrected chi connectivity index (χ2v) is 7.50. The van der Waals surface area contributed by atoms with E-state index in [2.05, 4.69) is 15.3 Å². The molecule has 1 amide bonds. The first-order valence-corrected chi connectivity index (χ1v) is 9.53. The van der Waals surface area contributed by atoms with E-state index in [4.69, 9.17) is 0 Å². The van der Waals surface area contributed by atoms with Gasteiger partial charge in [0, 0.05) is 16.5 Å². The molecular formula is C19H13N3O2S2. The van der Waals surface area contributed by atoms with E-state index in [9.17, 15) is 9.59 Å². The maximum Gasteiger partial charge on any atom is 0.257 e. The summed E-state index contributed by atoms with van der Waals surface area (Å²) in [6.07, 6.45) is 0. The topological polar surface area (TPSA) is 72.0 Å². The predicted molar refractivity (Wildman–Crippen MR) is 105 cm³/mol. The Morgan fingerprint density at radius 3 is 2.42 bits per heavy atom. The average Bonchev–Trinajstić information content (AvgIpc) is 3.28. The van der Waals surface area contributed by atoms with Gasteiger partial charge in [-0.3, -0.25) is 14.9 Å². The highest BCUT2D eigenvalue weighted by molar-refractivity contribution is 7.22. The van der Waals surface area contributed by atoms with Gasteiger partial charge in [-0.15, -0.1) is 22.7 Å². The van der Waals surface area contributed by atoms with Crippen LogP contribution >= 0.6 is 22.7 Å². The average molecular weight is 379 g/mol. The minimum absolute atomic E-state index is 0.0302. The normalized spacial score (nSPS) is 10.8. The molecule has 0 aliphatic heterocycles. The lowest BCUT2D eigenvalue weighted by Gasteiger charge is -2.02. The van der Waals surface area contributed by atoms with Crippen molar-refractivity contribution in [1.82, 2.24) is 9.97 Å². The van der Waals surface area contributed by atoms with Gasteiger partial charge in [0.05, 0.1) is 10.2 Å².